The number of benzene rings is 3. The summed E-state index contributed by atoms with van der Waals surface area (Å²) in [5.74, 6) is -0.422. The summed E-state index contributed by atoms with van der Waals surface area (Å²) in [6.07, 6.45) is 9.44. The van der Waals surface area contributed by atoms with E-state index in [0.717, 1.165) is 42.4 Å². The first kappa shape index (κ1) is 29.2. The van der Waals surface area contributed by atoms with E-state index in [0.29, 0.717) is 12.8 Å². The molecule has 0 N–H and O–H groups in total. The lowest BCUT2D eigenvalue weighted by atomic mass is 9.92. The maximum absolute atomic E-state index is 14.0. The Morgan fingerprint density at radius 1 is 0.846 bits per heavy atom. The Kier molecular flexibility index (Phi) is 10.9. The van der Waals surface area contributed by atoms with E-state index in [1.807, 2.05) is 58.7 Å². The number of carbonyl (C=O) groups excluding carboxylic acids is 1. The molecule has 0 unspecified atom stereocenters. The summed E-state index contributed by atoms with van der Waals surface area (Å²) in [6, 6.07) is 26.2. The molecule has 39 heavy (non-hydrogen) atoms. The predicted octanol–water partition coefficient (Wildman–Crippen LogP) is 7.68. The zero-order chi connectivity index (χ0) is 27.5. The number of carbonyl (C=O) groups is 1. The molecule has 4 rings (SSSR count). The molecule has 5 nitrogen and oxygen atoms in total. The summed E-state index contributed by atoms with van der Waals surface area (Å²) in [5, 5.41) is 0. The normalized spacial score (nSPS) is 18.1. The Morgan fingerprint density at radius 2 is 1.46 bits per heavy atom. The van der Waals surface area contributed by atoms with Crippen molar-refractivity contribution >= 4 is 38.6 Å². The van der Waals surface area contributed by atoms with Crippen molar-refractivity contribution in [3.8, 4) is 11.1 Å². The van der Waals surface area contributed by atoms with Crippen LogP contribution in [0.3, 0.4) is 0 Å². The van der Waals surface area contributed by atoms with Crippen LogP contribution in [0, 0.1) is 0 Å². The summed E-state index contributed by atoms with van der Waals surface area (Å²) in [7, 11) is -3.84. The van der Waals surface area contributed by atoms with Gasteiger partial charge in [0.15, 0.2) is 0 Å². The summed E-state index contributed by atoms with van der Waals surface area (Å²) in [6.45, 7) is 0.198. The summed E-state index contributed by atoms with van der Waals surface area (Å²) in [5.41, 5.74) is 3.06. The van der Waals surface area contributed by atoms with Gasteiger partial charge in [0, 0.05) is 12.6 Å². The molecule has 1 aliphatic rings. The molecule has 0 aromatic heterocycles. The fourth-order valence-corrected chi connectivity index (χ4v) is 6.94. The first-order valence-electron chi connectivity index (χ1n) is 13.3. The highest BCUT2D eigenvalue weighted by Gasteiger charge is 2.39. The lowest BCUT2D eigenvalue weighted by molar-refractivity contribution is -0.147. The number of allylic oxidation sites excluding steroid dienone is 2. The van der Waals surface area contributed by atoms with Gasteiger partial charge in [0.25, 0.3) is 0 Å². The number of hydrogen-bond acceptors (Lipinski definition) is 4. The lowest BCUT2D eigenvalue weighted by Crippen LogP contribution is -2.49. The van der Waals surface area contributed by atoms with Crippen LogP contribution >= 0.6 is 22.6 Å². The number of nitrogens with zero attached hydrogens (tertiary/aromatic N) is 1. The number of unbranched alkanes of at least 4 members (excludes halogenated alkanes) is 1. The van der Waals surface area contributed by atoms with Crippen LogP contribution in [0.25, 0.3) is 11.1 Å². The summed E-state index contributed by atoms with van der Waals surface area (Å²) < 4.78 is 37.4. The Bertz CT molecular complexity index is 1360. The molecular formula is C32H34INO4S. The summed E-state index contributed by atoms with van der Waals surface area (Å²) >= 11 is 2.17. The van der Waals surface area contributed by atoms with E-state index in [2.05, 4.69) is 34.7 Å². The van der Waals surface area contributed by atoms with Crippen molar-refractivity contribution in [2.75, 3.05) is 0 Å². The van der Waals surface area contributed by atoms with Gasteiger partial charge in [-0.3, -0.25) is 0 Å². The first-order chi connectivity index (χ1) is 19.0. The van der Waals surface area contributed by atoms with E-state index in [1.54, 1.807) is 34.6 Å². The minimum atomic E-state index is -3.84. The minimum absolute atomic E-state index is 0.198. The molecule has 1 saturated carbocycles. The number of esters is 1. The van der Waals surface area contributed by atoms with E-state index in [4.69, 9.17) is 4.74 Å². The van der Waals surface area contributed by atoms with Crippen LogP contribution in [0.4, 0.5) is 0 Å². The molecule has 0 amide bonds. The highest BCUT2D eigenvalue weighted by molar-refractivity contribution is 14.1. The molecule has 0 aliphatic heterocycles. The lowest BCUT2D eigenvalue weighted by Gasteiger charge is -2.38. The third-order valence-corrected chi connectivity index (χ3v) is 9.29. The van der Waals surface area contributed by atoms with Gasteiger partial charge in [-0.25, -0.2) is 13.2 Å². The smallest absolute Gasteiger partial charge is 0.330 e. The Hall–Kier alpha value is -2.75. The van der Waals surface area contributed by atoms with Crippen LogP contribution in [0.15, 0.2) is 112 Å². The van der Waals surface area contributed by atoms with E-state index < -0.39 is 28.1 Å². The fraction of sp³-hybridized carbons (Fsp3) is 0.281. The monoisotopic (exact) mass is 655 g/mol. The average molecular weight is 656 g/mol. The third kappa shape index (κ3) is 8.13. The zero-order valence-corrected chi connectivity index (χ0v) is 24.8. The topological polar surface area (TPSA) is 63.7 Å². The molecular weight excluding hydrogens is 621 g/mol. The van der Waals surface area contributed by atoms with Crippen LogP contribution in [-0.2, 0) is 26.1 Å². The standard InChI is InChI=1S/C32H34INO4S/c33-24-12-2-1-9-19-32(35)38-31-18-11-10-17-30(31)34(39(36,37)29-15-7-4-8-16-29)25-26-20-22-28(23-21-26)27-13-5-3-6-14-27/h3-9,12-16,19-24,30-31H,1-2,10-11,17-18,25H2/b19-9+,24-12+/t30-,31-/m1/s1. The molecule has 3 aromatic rings. The number of halogens is 1. The van der Waals surface area contributed by atoms with Crippen molar-refractivity contribution in [2.45, 2.75) is 62.1 Å². The van der Waals surface area contributed by atoms with Crippen LogP contribution in [0.1, 0.15) is 44.1 Å². The maximum Gasteiger partial charge on any atom is 0.330 e. The quantitative estimate of drug-likeness (QED) is 0.0921. The second-order valence-electron chi connectivity index (χ2n) is 9.59. The Labute approximate surface area is 245 Å². The number of ether oxygens (including phenoxy) is 1. The van der Waals surface area contributed by atoms with Crippen molar-refractivity contribution in [2.24, 2.45) is 0 Å². The van der Waals surface area contributed by atoms with Crippen molar-refractivity contribution < 1.29 is 17.9 Å². The van der Waals surface area contributed by atoms with Gasteiger partial charge >= 0.3 is 5.97 Å². The Balaban J connectivity index is 1.59. The average Bonchev–Trinajstić information content (AvgIpc) is 2.97. The SMILES string of the molecule is O=C(/C=C/CC/C=C/I)O[C@@H]1CCCC[C@H]1N(Cc1ccc(-c2ccccc2)cc1)S(=O)(=O)c1ccccc1. The number of rotatable bonds is 11. The first-order valence-corrected chi connectivity index (χ1v) is 16.0. The summed E-state index contributed by atoms with van der Waals surface area (Å²) in [4.78, 5) is 12.9. The van der Waals surface area contributed by atoms with E-state index in [-0.39, 0.29) is 11.4 Å². The fourth-order valence-electron chi connectivity index (χ4n) is 4.89. The number of hydrogen-bond donors (Lipinski definition) is 0. The molecule has 204 valence electrons. The molecule has 7 heteroatoms. The largest absolute Gasteiger partial charge is 0.458 e. The second kappa shape index (κ2) is 14.6. The van der Waals surface area contributed by atoms with Crippen molar-refractivity contribution in [3.63, 3.8) is 0 Å². The van der Waals surface area contributed by atoms with Crippen LogP contribution in [0.5, 0.6) is 0 Å². The van der Waals surface area contributed by atoms with Crippen molar-refractivity contribution in [3.05, 3.63) is 113 Å². The highest BCUT2D eigenvalue weighted by atomic mass is 127. The predicted molar refractivity (Wildman–Crippen MR) is 165 cm³/mol. The van der Waals surface area contributed by atoms with Gasteiger partial charge < -0.3 is 4.74 Å². The van der Waals surface area contributed by atoms with Gasteiger partial charge in [-0.15, -0.1) is 0 Å². The maximum atomic E-state index is 14.0. The minimum Gasteiger partial charge on any atom is -0.458 e. The molecule has 0 radical (unpaired) electrons. The van der Waals surface area contributed by atoms with Crippen LogP contribution < -0.4 is 0 Å². The van der Waals surface area contributed by atoms with Crippen LogP contribution in [-0.4, -0.2) is 30.8 Å². The molecule has 2 atom stereocenters. The van der Waals surface area contributed by atoms with E-state index in [9.17, 15) is 13.2 Å². The molecule has 0 heterocycles. The molecule has 0 saturated heterocycles. The molecule has 3 aromatic carbocycles. The number of sulfonamides is 1. The molecule has 1 fully saturated rings. The highest BCUT2D eigenvalue weighted by Crippen LogP contribution is 2.32. The van der Waals surface area contributed by atoms with Crippen molar-refractivity contribution in [1.29, 1.82) is 0 Å². The second-order valence-corrected chi connectivity index (χ2v) is 12.2. The van der Waals surface area contributed by atoms with Gasteiger partial charge in [-0.2, -0.15) is 4.31 Å². The molecule has 0 bridgehead atoms. The van der Waals surface area contributed by atoms with Gasteiger partial charge in [0.1, 0.15) is 6.10 Å². The molecule has 0 spiro atoms. The van der Waals surface area contributed by atoms with Crippen molar-refractivity contribution in [1.82, 2.24) is 4.31 Å². The van der Waals surface area contributed by atoms with Gasteiger partial charge in [0.2, 0.25) is 10.0 Å². The van der Waals surface area contributed by atoms with Gasteiger partial charge in [-0.05, 0) is 65.0 Å². The van der Waals surface area contributed by atoms with Crippen LogP contribution in [0.2, 0.25) is 0 Å². The zero-order valence-electron chi connectivity index (χ0n) is 21.9. The third-order valence-electron chi connectivity index (χ3n) is 6.90. The molecule has 1 aliphatic carbocycles. The van der Waals surface area contributed by atoms with E-state index >= 15 is 0 Å². The van der Waals surface area contributed by atoms with E-state index in [1.165, 1.54) is 6.08 Å². The Morgan fingerprint density at radius 3 is 2.15 bits per heavy atom. The van der Waals surface area contributed by atoms with Gasteiger partial charge in [-0.1, -0.05) is 114 Å². The van der Waals surface area contributed by atoms with Gasteiger partial charge in [0.05, 0.1) is 10.9 Å².